The summed E-state index contributed by atoms with van der Waals surface area (Å²) in [5.74, 6) is -0.123. The number of piperazine rings is 1. The molecule has 0 aromatic rings. The van der Waals surface area contributed by atoms with E-state index in [9.17, 15) is 9.59 Å². The molecule has 7 nitrogen and oxygen atoms in total. The number of carbonyl (C=O) groups is 2. The molecule has 7 heteroatoms. The molecule has 0 aromatic carbocycles. The number of rotatable bonds is 5. The van der Waals surface area contributed by atoms with Crippen molar-refractivity contribution in [1.82, 2.24) is 20.0 Å². The maximum Gasteiger partial charge on any atom is 0.410 e. The number of ether oxygens (including phenoxy) is 1. The van der Waals surface area contributed by atoms with Gasteiger partial charge in [-0.05, 0) is 54.3 Å². The molecule has 0 bridgehead atoms. The van der Waals surface area contributed by atoms with Gasteiger partial charge in [-0.1, -0.05) is 12.5 Å². The van der Waals surface area contributed by atoms with E-state index in [2.05, 4.69) is 10.2 Å². The highest BCUT2D eigenvalue weighted by Gasteiger charge is 2.39. The number of nitrogens with zero attached hydrogens (tertiary/aromatic N) is 3. The number of piperidine rings is 1. The standard InChI is InChI=1S/C20H36N4O3/c1-20(2,3)27-19(26)24-15-16-9-6-7-12-23(16)14-17(24)13-21-18(25)10-8-11-22(4)5/h8,10,16-17H,6-7,9,11-15H2,1-5H3,(H,21,25)/b10-8+. The molecule has 1 N–H and O–H groups in total. The number of hydrogen-bond acceptors (Lipinski definition) is 5. The summed E-state index contributed by atoms with van der Waals surface area (Å²) in [5.41, 5.74) is -0.524. The van der Waals surface area contributed by atoms with E-state index >= 15 is 0 Å². The predicted octanol–water partition coefficient (Wildman–Crippen LogP) is 1.69. The summed E-state index contributed by atoms with van der Waals surface area (Å²) < 4.78 is 5.62. The second-order valence-electron chi connectivity index (χ2n) is 8.84. The molecule has 2 unspecified atom stereocenters. The Kier molecular flexibility index (Phi) is 7.68. The third kappa shape index (κ3) is 7.14. The lowest BCUT2D eigenvalue weighted by Gasteiger charge is -2.48. The molecule has 0 aromatic heterocycles. The molecule has 2 aliphatic rings. The summed E-state index contributed by atoms with van der Waals surface area (Å²) >= 11 is 0. The fourth-order valence-corrected chi connectivity index (χ4v) is 3.62. The van der Waals surface area contributed by atoms with Crippen molar-refractivity contribution in [2.24, 2.45) is 0 Å². The first-order valence-electron chi connectivity index (χ1n) is 9.98. The predicted molar refractivity (Wildman–Crippen MR) is 107 cm³/mol. The fraction of sp³-hybridized carbons (Fsp3) is 0.800. The van der Waals surface area contributed by atoms with Crippen molar-refractivity contribution >= 4 is 12.0 Å². The van der Waals surface area contributed by atoms with Crippen LogP contribution in [0.5, 0.6) is 0 Å². The van der Waals surface area contributed by atoms with Gasteiger partial charge < -0.3 is 19.9 Å². The minimum atomic E-state index is -0.524. The largest absolute Gasteiger partial charge is 0.444 e. The molecule has 2 amide bonds. The van der Waals surface area contributed by atoms with E-state index in [1.807, 2.05) is 50.7 Å². The van der Waals surface area contributed by atoms with Gasteiger partial charge in [0.05, 0.1) is 6.04 Å². The molecule has 2 heterocycles. The van der Waals surface area contributed by atoms with E-state index in [0.717, 1.165) is 26.1 Å². The van der Waals surface area contributed by atoms with Crippen molar-refractivity contribution in [2.45, 2.75) is 57.7 Å². The van der Waals surface area contributed by atoms with Gasteiger partial charge in [-0.3, -0.25) is 9.69 Å². The second kappa shape index (κ2) is 9.55. The van der Waals surface area contributed by atoms with Crippen LogP contribution in [-0.4, -0.2) is 91.2 Å². The molecule has 2 aliphatic heterocycles. The first-order chi connectivity index (χ1) is 12.7. The number of hydrogen-bond donors (Lipinski definition) is 1. The maximum absolute atomic E-state index is 12.7. The summed E-state index contributed by atoms with van der Waals surface area (Å²) in [6.45, 7) is 9.33. The lowest BCUT2D eigenvalue weighted by Crippen LogP contribution is -2.63. The van der Waals surface area contributed by atoms with Gasteiger partial charge in [0.2, 0.25) is 5.91 Å². The zero-order chi connectivity index (χ0) is 20.0. The molecule has 0 spiro atoms. The molecule has 2 fully saturated rings. The topological polar surface area (TPSA) is 65.1 Å². The van der Waals surface area contributed by atoms with Crippen LogP contribution in [0.3, 0.4) is 0 Å². The van der Waals surface area contributed by atoms with E-state index in [1.54, 1.807) is 6.08 Å². The quantitative estimate of drug-likeness (QED) is 0.736. The Morgan fingerprint density at radius 2 is 1.96 bits per heavy atom. The number of fused-ring (bicyclic) bond motifs is 1. The Balaban J connectivity index is 1.98. The average Bonchev–Trinajstić information content (AvgIpc) is 2.57. The summed E-state index contributed by atoms with van der Waals surface area (Å²) in [6.07, 6.45) is 6.64. The minimum absolute atomic E-state index is 0.0691. The van der Waals surface area contributed by atoms with Crippen molar-refractivity contribution in [3.05, 3.63) is 12.2 Å². The van der Waals surface area contributed by atoms with Gasteiger partial charge in [0.1, 0.15) is 5.60 Å². The fourth-order valence-electron chi connectivity index (χ4n) is 3.62. The van der Waals surface area contributed by atoms with Crippen LogP contribution in [0.1, 0.15) is 40.0 Å². The maximum atomic E-state index is 12.7. The van der Waals surface area contributed by atoms with Crippen LogP contribution in [0.25, 0.3) is 0 Å². The van der Waals surface area contributed by atoms with Crippen molar-refractivity contribution in [3.8, 4) is 0 Å². The number of likely N-dealkylation sites (N-methyl/N-ethyl adjacent to an activating group) is 1. The van der Waals surface area contributed by atoms with Crippen LogP contribution in [0.4, 0.5) is 4.79 Å². The van der Waals surface area contributed by atoms with Gasteiger partial charge in [0.15, 0.2) is 0 Å². The highest BCUT2D eigenvalue weighted by molar-refractivity contribution is 5.87. The lowest BCUT2D eigenvalue weighted by molar-refractivity contribution is -0.117. The van der Waals surface area contributed by atoms with Gasteiger partial charge in [0, 0.05) is 38.3 Å². The molecule has 0 saturated carbocycles. The Hall–Kier alpha value is -1.60. The van der Waals surface area contributed by atoms with Crippen LogP contribution in [0.2, 0.25) is 0 Å². The Morgan fingerprint density at radius 3 is 2.63 bits per heavy atom. The highest BCUT2D eigenvalue weighted by Crippen LogP contribution is 2.25. The van der Waals surface area contributed by atoms with Crippen molar-refractivity contribution in [1.29, 1.82) is 0 Å². The van der Waals surface area contributed by atoms with Crippen molar-refractivity contribution in [3.63, 3.8) is 0 Å². The molecule has 154 valence electrons. The van der Waals surface area contributed by atoms with Crippen LogP contribution in [0.15, 0.2) is 12.2 Å². The summed E-state index contributed by atoms with van der Waals surface area (Å²) in [6, 6.07) is 0.332. The van der Waals surface area contributed by atoms with Gasteiger partial charge in [-0.2, -0.15) is 0 Å². The van der Waals surface area contributed by atoms with Crippen molar-refractivity contribution in [2.75, 3.05) is 46.8 Å². The van der Waals surface area contributed by atoms with Crippen LogP contribution < -0.4 is 5.32 Å². The zero-order valence-electron chi connectivity index (χ0n) is 17.5. The SMILES string of the molecule is CN(C)C/C=C/C(=O)NCC1CN2CCCCC2CN1C(=O)OC(C)(C)C. The van der Waals surface area contributed by atoms with E-state index in [1.165, 1.54) is 12.8 Å². The van der Waals surface area contributed by atoms with Gasteiger partial charge in [-0.25, -0.2) is 4.79 Å². The second-order valence-corrected chi connectivity index (χ2v) is 8.84. The summed E-state index contributed by atoms with van der Waals surface area (Å²) in [7, 11) is 3.91. The lowest BCUT2D eigenvalue weighted by atomic mass is 9.97. The van der Waals surface area contributed by atoms with Gasteiger partial charge >= 0.3 is 6.09 Å². The molecule has 0 aliphatic carbocycles. The Labute approximate surface area is 163 Å². The zero-order valence-corrected chi connectivity index (χ0v) is 17.5. The molecule has 2 atom stereocenters. The van der Waals surface area contributed by atoms with Crippen LogP contribution in [0, 0.1) is 0 Å². The Bertz CT molecular complexity index is 542. The van der Waals surface area contributed by atoms with E-state index in [4.69, 9.17) is 4.74 Å². The number of amides is 2. The van der Waals surface area contributed by atoms with E-state index < -0.39 is 5.60 Å². The third-order valence-corrected chi connectivity index (χ3v) is 4.92. The number of nitrogens with one attached hydrogen (secondary N) is 1. The third-order valence-electron chi connectivity index (χ3n) is 4.92. The van der Waals surface area contributed by atoms with E-state index in [-0.39, 0.29) is 18.0 Å². The van der Waals surface area contributed by atoms with Gasteiger partial charge in [-0.15, -0.1) is 0 Å². The smallest absolute Gasteiger partial charge is 0.410 e. The Morgan fingerprint density at radius 1 is 1.22 bits per heavy atom. The molecular weight excluding hydrogens is 344 g/mol. The van der Waals surface area contributed by atoms with Gasteiger partial charge in [0.25, 0.3) is 0 Å². The normalized spacial score (nSPS) is 24.1. The number of carbonyl (C=O) groups excluding carboxylic acids is 2. The van der Waals surface area contributed by atoms with Crippen LogP contribution >= 0.6 is 0 Å². The molecular formula is C20H36N4O3. The highest BCUT2D eigenvalue weighted by atomic mass is 16.6. The van der Waals surface area contributed by atoms with E-state index in [0.29, 0.717) is 19.1 Å². The summed E-state index contributed by atoms with van der Waals surface area (Å²) in [5, 5.41) is 2.95. The first kappa shape index (κ1) is 21.7. The van der Waals surface area contributed by atoms with Crippen molar-refractivity contribution < 1.29 is 14.3 Å². The first-order valence-corrected chi connectivity index (χ1v) is 9.98. The summed E-state index contributed by atoms with van der Waals surface area (Å²) in [4.78, 5) is 31.1. The molecule has 2 saturated heterocycles. The molecule has 0 radical (unpaired) electrons. The monoisotopic (exact) mass is 380 g/mol. The average molecular weight is 381 g/mol. The molecule has 27 heavy (non-hydrogen) atoms. The minimum Gasteiger partial charge on any atom is -0.444 e. The van der Waals surface area contributed by atoms with Crippen LogP contribution in [-0.2, 0) is 9.53 Å². The molecule has 2 rings (SSSR count).